The highest BCUT2D eigenvalue weighted by atomic mass is 32.2. The third-order valence-corrected chi connectivity index (χ3v) is 9.57. The minimum atomic E-state index is -4.00. The molecule has 0 bridgehead atoms. The van der Waals surface area contributed by atoms with E-state index in [0.717, 1.165) is 25.3 Å². The lowest BCUT2D eigenvalue weighted by atomic mass is 9.92. The summed E-state index contributed by atoms with van der Waals surface area (Å²) < 4.78 is 64.9. The van der Waals surface area contributed by atoms with E-state index in [1.807, 2.05) is 0 Å². The van der Waals surface area contributed by atoms with Gasteiger partial charge in [-0.3, -0.25) is 19.7 Å². The molecule has 3 atom stereocenters. The summed E-state index contributed by atoms with van der Waals surface area (Å²) in [6.07, 6.45) is -0.950. The van der Waals surface area contributed by atoms with Crippen LogP contribution in [0.15, 0.2) is 59.5 Å². The average Bonchev–Trinajstić information content (AvgIpc) is 3.50. The minimum absolute atomic E-state index is 0.0610. The number of hydrogen-bond acceptors (Lipinski definition) is 9. The fraction of sp³-hybridized carbons (Fsp3) is 0.290. The van der Waals surface area contributed by atoms with E-state index >= 15 is 0 Å². The lowest BCUT2D eigenvalue weighted by molar-refractivity contribution is -0.143. The van der Waals surface area contributed by atoms with E-state index in [0.29, 0.717) is 0 Å². The molecule has 1 aliphatic heterocycles. The molecule has 0 radical (unpaired) electrons. The summed E-state index contributed by atoms with van der Waals surface area (Å²) in [6.45, 7) is 1.25. The molecule has 3 aromatic carbocycles. The number of ether oxygens (including phenoxy) is 2. The first-order chi connectivity index (χ1) is 22.2. The summed E-state index contributed by atoms with van der Waals surface area (Å²) in [5.74, 6) is -6.68. The van der Waals surface area contributed by atoms with Crippen LogP contribution in [0.5, 0.6) is 5.75 Å². The molecule has 13 nitrogen and oxygen atoms in total. The van der Waals surface area contributed by atoms with Crippen LogP contribution >= 0.6 is 0 Å². The number of carbonyl (C=O) groups is 4. The quantitative estimate of drug-likeness (QED) is 0.232. The number of anilines is 2. The van der Waals surface area contributed by atoms with Crippen LogP contribution in [-0.2, 0) is 24.2 Å². The number of rotatable bonds is 11. The van der Waals surface area contributed by atoms with Crippen molar-refractivity contribution in [1.29, 1.82) is 0 Å². The normalized spacial score (nSPS) is 16.7. The Kier molecular flexibility index (Phi) is 10.3. The number of methoxy groups -OCH3 is 2. The number of nitrogens with zero attached hydrogens (tertiary/aromatic N) is 1. The van der Waals surface area contributed by atoms with Crippen LogP contribution in [0.4, 0.5) is 25.0 Å². The minimum Gasteiger partial charge on any atom is -0.494 e. The number of halogens is 2. The molecule has 250 valence electrons. The predicted octanol–water partition coefficient (Wildman–Crippen LogP) is 3.87. The highest BCUT2D eigenvalue weighted by molar-refractivity contribution is 7.91. The molecule has 3 aromatic rings. The van der Waals surface area contributed by atoms with Crippen LogP contribution < -0.4 is 21.1 Å². The van der Waals surface area contributed by atoms with E-state index in [9.17, 15) is 41.5 Å². The number of carboxylic acid groups (broad SMARTS) is 1. The monoisotopic (exact) mass is 674 g/mol. The van der Waals surface area contributed by atoms with Gasteiger partial charge in [0, 0.05) is 17.9 Å². The van der Waals surface area contributed by atoms with Gasteiger partial charge in [-0.05, 0) is 66.1 Å². The molecular formula is C31H32F2N4O9S. The molecule has 0 aliphatic carbocycles. The Morgan fingerprint density at radius 1 is 1.02 bits per heavy atom. The van der Waals surface area contributed by atoms with Crippen LogP contribution in [0.2, 0.25) is 0 Å². The van der Waals surface area contributed by atoms with Gasteiger partial charge in [-0.15, -0.1) is 0 Å². The van der Waals surface area contributed by atoms with E-state index in [1.165, 1.54) is 55.3 Å². The van der Waals surface area contributed by atoms with Crippen LogP contribution in [-0.4, -0.2) is 68.8 Å². The van der Waals surface area contributed by atoms with E-state index in [-0.39, 0.29) is 51.9 Å². The Balaban J connectivity index is 1.90. The third kappa shape index (κ3) is 7.27. The molecule has 3 unspecified atom stereocenters. The summed E-state index contributed by atoms with van der Waals surface area (Å²) >= 11 is 0. The zero-order valence-corrected chi connectivity index (χ0v) is 26.3. The van der Waals surface area contributed by atoms with Crippen molar-refractivity contribution in [3.8, 4) is 5.75 Å². The Morgan fingerprint density at radius 3 is 2.32 bits per heavy atom. The van der Waals surface area contributed by atoms with Gasteiger partial charge in [-0.25, -0.2) is 22.0 Å². The number of likely N-dealkylation sites (tertiary alicyclic amines) is 1. The van der Waals surface area contributed by atoms with Gasteiger partial charge in [-0.2, -0.15) is 0 Å². The summed E-state index contributed by atoms with van der Waals surface area (Å²) in [5, 5.41) is 15.5. The van der Waals surface area contributed by atoms with E-state index < -0.39 is 68.9 Å². The largest absolute Gasteiger partial charge is 0.494 e. The van der Waals surface area contributed by atoms with Crippen molar-refractivity contribution in [3.05, 3.63) is 82.9 Å². The van der Waals surface area contributed by atoms with Gasteiger partial charge < -0.3 is 30.5 Å². The van der Waals surface area contributed by atoms with Crippen molar-refractivity contribution < 1.29 is 51.0 Å². The Labute approximate surface area is 268 Å². The second-order valence-corrected chi connectivity index (χ2v) is 12.8. The molecule has 0 spiro atoms. The van der Waals surface area contributed by atoms with Crippen molar-refractivity contribution in [3.63, 3.8) is 0 Å². The smallest absolute Gasteiger partial charge is 0.411 e. The average molecular weight is 675 g/mol. The standard InChI is InChI=1S/C31H32F2N4O9S/c1-4-47(43,44)25-10-7-18(36-31(42)46-3)15-21(25)27-19(30(40)41)11-12-37(27)29(39)26(16-5-8-23(33)24(13-16)45-2)35-17-6-9-22(32)20(14-17)28(34)38/h5-10,13-15,19,26-27,35H,4,11-12H2,1-3H3,(H2,34,38)(H,36,42)(H,40,41). The van der Waals surface area contributed by atoms with E-state index in [1.54, 1.807) is 0 Å². The maximum Gasteiger partial charge on any atom is 0.411 e. The number of benzene rings is 3. The molecular weight excluding hydrogens is 642 g/mol. The number of primary amides is 1. The van der Waals surface area contributed by atoms with Crippen molar-refractivity contribution >= 4 is 45.1 Å². The topological polar surface area (TPSA) is 194 Å². The summed E-state index contributed by atoms with van der Waals surface area (Å²) in [5.41, 5.74) is 5.03. The third-order valence-electron chi connectivity index (χ3n) is 7.77. The van der Waals surface area contributed by atoms with Gasteiger partial charge in [0.2, 0.25) is 5.91 Å². The number of aliphatic carboxylic acids is 1. The molecule has 16 heteroatoms. The fourth-order valence-corrected chi connectivity index (χ4v) is 6.55. The Morgan fingerprint density at radius 2 is 1.70 bits per heavy atom. The van der Waals surface area contributed by atoms with Gasteiger partial charge in [0.25, 0.3) is 5.91 Å². The zero-order valence-electron chi connectivity index (χ0n) is 25.5. The Bertz CT molecular complexity index is 1840. The number of nitrogens with one attached hydrogen (secondary N) is 2. The summed E-state index contributed by atoms with van der Waals surface area (Å²) in [4.78, 5) is 51.8. The molecule has 1 heterocycles. The second-order valence-electron chi connectivity index (χ2n) is 10.5. The first-order valence-corrected chi connectivity index (χ1v) is 15.8. The molecule has 5 N–H and O–H groups in total. The lowest BCUT2D eigenvalue weighted by Gasteiger charge is -2.33. The molecule has 0 aromatic heterocycles. The number of carbonyl (C=O) groups excluding carboxylic acids is 3. The summed E-state index contributed by atoms with van der Waals surface area (Å²) in [7, 11) is -1.66. The SMILES string of the molecule is CCS(=O)(=O)c1ccc(NC(=O)OC)cc1C1C(C(=O)O)CCN1C(=O)C(Nc1ccc(F)c(C(N)=O)c1)c1ccc(F)c(OC)c1. The Hall–Kier alpha value is -5.25. The lowest BCUT2D eigenvalue weighted by Crippen LogP contribution is -2.40. The maximum absolute atomic E-state index is 14.5. The van der Waals surface area contributed by atoms with Crippen molar-refractivity contribution in [2.45, 2.75) is 30.3 Å². The number of carboxylic acids is 1. The first-order valence-electron chi connectivity index (χ1n) is 14.2. The van der Waals surface area contributed by atoms with Crippen molar-refractivity contribution in [2.24, 2.45) is 11.7 Å². The second kappa shape index (κ2) is 14.0. The molecule has 1 fully saturated rings. The van der Waals surface area contributed by atoms with Crippen LogP contribution in [0.1, 0.15) is 46.9 Å². The van der Waals surface area contributed by atoms with Crippen LogP contribution in [0, 0.1) is 17.6 Å². The van der Waals surface area contributed by atoms with Gasteiger partial charge >= 0.3 is 12.1 Å². The van der Waals surface area contributed by atoms with Crippen molar-refractivity contribution in [2.75, 3.05) is 37.2 Å². The van der Waals surface area contributed by atoms with Crippen LogP contribution in [0.3, 0.4) is 0 Å². The summed E-state index contributed by atoms with van der Waals surface area (Å²) in [6, 6.07) is 7.83. The molecule has 3 amide bonds. The molecule has 1 saturated heterocycles. The number of amides is 3. The van der Waals surface area contributed by atoms with Gasteiger partial charge in [0.05, 0.1) is 42.4 Å². The highest BCUT2D eigenvalue weighted by Gasteiger charge is 2.46. The number of hydrogen-bond donors (Lipinski definition) is 4. The molecule has 1 aliphatic rings. The van der Waals surface area contributed by atoms with E-state index in [2.05, 4.69) is 15.4 Å². The number of sulfone groups is 1. The molecule has 47 heavy (non-hydrogen) atoms. The van der Waals surface area contributed by atoms with Crippen LogP contribution in [0.25, 0.3) is 0 Å². The zero-order chi connectivity index (χ0) is 34.6. The van der Waals surface area contributed by atoms with E-state index in [4.69, 9.17) is 10.5 Å². The van der Waals surface area contributed by atoms with Gasteiger partial charge in [0.15, 0.2) is 21.4 Å². The first kappa shape index (κ1) is 34.6. The van der Waals surface area contributed by atoms with Crippen molar-refractivity contribution in [1.82, 2.24) is 4.90 Å². The fourth-order valence-electron chi connectivity index (χ4n) is 5.43. The molecule has 0 saturated carbocycles. The molecule has 4 rings (SSSR count). The maximum atomic E-state index is 14.5. The van der Waals surface area contributed by atoms with Gasteiger partial charge in [-0.1, -0.05) is 13.0 Å². The highest BCUT2D eigenvalue weighted by Crippen LogP contribution is 2.43. The van der Waals surface area contributed by atoms with Gasteiger partial charge in [0.1, 0.15) is 11.9 Å². The number of nitrogens with two attached hydrogens (primary N) is 1. The predicted molar refractivity (Wildman–Crippen MR) is 165 cm³/mol.